The fraction of sp³-hybridized carbons (Fsp3) is 0.646. The first-order chi connectivity index (χ1) is 32.7. The van der Waals surface area contributed by atoms with Crippen LogP contribution in [-0.4, -0.2) is 121 Å². The molecular weight excluding hydrogens is 905 g/mol. The first kappa shape index (κ1) is 54.6. The first-order valence-corrected chi connectivity index (χ1v) is 23.7. The lowest BCUT2D eigenvalue weighted by Crippen LogP contribution is -2.66. The predicted octanol–water partition coefficient (Wildman–Crippen LogP) is 3.42. The lowest BCUT2D eigenvalue weighted by Gasteiger charge is -2.57. The summed E-state index contributed by atoms with van der Waals surface area (Å²) >= 11 is 0. The average Bonchev–Trinajstić information content (AvgIpc) is 3.79. The molecule has 11 atom stereocenters. The fourth-order valence-corrected chi connectivity index (χ4v) is 10.2. The molecule has 2 unspecified atom stereocenters. The highest BCUT2D eigenvalue weighted by atomic mass is 19.1. The van der Waals surface area contributed by atoms with Crippen LogP contribution in [0.2, 0.25) is 0 Å². The lowest BCUT2D eigenvalue weighted by molar-refractivity contribution is -0.217. The molecule has 4 aliphatic rings. The Morgan fingerprint density at radius 2 is 1.74 bits per heavy atom. The minimum Gasteiger partial charge on any atom is -0.445 e. The second-order valence-electron chi connectivity index (χ2n) is 18.9. The monoisotopic (exact) mass is 973 g/mol. The van der Waals surface area contributed by atoms with E-state index in [1.165, 1.54) is 6.08 Å². The van der Waals surface area contributed by atoms with E-state index >= 15 is 8.78 Å². The summed E-state index contributed by atoms with van der Waals surface area (Å²) in [6.45, 7) is 7.60. The maximum Gasteiger partial charge on any atom is 0.407 e. The van der Waals surface area contributed by atoms with Crippen molar-refractivity contribution >= 4 is 47.1 Å². The van der Waals surface area contributed by atoms with E-state index in [9.17, 15) is 38.7 Å². The molecule has 0 spiro atoms. The van der Waals surface area contributed by atoms with Gasteiger partial charge >= 0.3 is 12.1 Å². The highest BCUT2D eigenvalue weighted by Crippen LogP contribution is 2.69. The number of anilines is 1. The summed E-state index contributed by atoms with van der Waals surface area (Å²) in [7, 11) is 0. The lowest BCUT2D eigenvalue weighted by atomic mass is 9.50. The number of hydrogen-bond acceptors (Lipinski definition) is 13. The van der Waals surface area contributed by atoms with Crippen molar-refractivity contribution in [2.75, 3.05) is 31.7 Å². The number of carbonyl (C=O) groups is 7. The third-order valence-corrected chi connectivity index (χ3v) is 13.8. The number of allylic oxidation sites excluding steroid dienone is 4. The molecule has 4 fully saturated rings. The third-order valence-electron chi connectivity index (χ3n) is 13.8. The summed E-state index contributed by atoms with van der Waals surface area (Å²) in [4.78, 5) is 88.6. The number of Topliss-reactive ketones (excluding diaryl/α,β-unsaturated/α-hetero) is 1. The van der Waals surface area contributed by atoms with Gasteiger partial charge in [-0.3, -0.25) is 24.0 Å². The Kier molecular flexibility index (Phi) is 19.0. The van der Waals surface area contributed by atoms with Crippen molar-refractivity contribution in [1.82, 2.24) is 21.3 Å². The van der Waals surface area contributed by atoms with E-state index in [1.54, 1.807) is 51.1 Å². The molecule has 0 aromatic heterocycles. The van der Waals surface area contributed by atoms with Crippen LogP contribution in [0.5, 0.6) is 0 Å². The van der Waals surface area contributed by atoms with Crippen LogP contribution in [0.1, 0.15) is 98.0 Å². The molecule has 1 aromatic rings. The molecule has 3 aliphatic carbocycles. The number of alkyl halides is 2. The SMILES string of the molecule is CC/C=C\C(=O)/C=C1\C[C@@]2(F)[C@@H](O)C[C@@]3(C)[C@@H](C[C@H]4OC(CCC)OC43C(=O)COCNC(=O)CNC(=O)OCc3ccc(NC(=O)[C@H](CCCNC(N)=O)NC(=O)[C@@H](N)C(C)C)cc3)[C@@H]2C[C@@H]1F. The number of aliphatic hydroxyl groups is 1. The molecule has 21 heteroatoms. The second kappa shape index (κ2) is 24.0. The number of halogens is 2. The molecule has 0 bridgehead atoms. The van der Waals surface area contributed by atoms with Crippen LogP contribution < -0.4 is 38.1 Å². The summed E-state index contributed by atoms with van der Waals surface area (Å²) in [5, 5.41) is 24.1. The van der Waals surface area contributed by atoms with Gasteiger partial charge in [-0.15, -0.1) is 0 Å². The van der Waals surface area contributed by atoms with Gasteiger partial charge in [0.2, 0.25) is 17.7 Å². The van der Waals surface area contributed by atoms with Crippen molar-refractivity contribution in [3.8, 4) is 0 Å². The second-order valence-corrected chi connectivity index (χ2v) is 18.9. The van der Waals surface area contributed by atoms with E-state index in [0.717, 1.165) is 6.08 Å². The van der Waals surface area contributed by atoms with Crippen LogP contribution in [0, 0.1) is 23.2 Å². The van der Waals surface area contributed by atoms with Crippen molar-refractivity contribution in [3.05, 3.63) is 53.6 Å². The van der Waals surface area contributed by atoms with Gasteiger partial charge in [-0.25, -0.2) is 18.4 Å². The molecule has 10 N–H and O–H groups in total. The van der Waals surface area contributed by atoms with Gasteiger partial charge < -0.3 is 62.1 Å². The van der Waals surface area contributed by atoms with Gasteiger partial charge in [0, 0.05) is 30.0 Å². The zero-order valence-electron chi connectivity index (χ0n) is 40.0. The number of hydrogen-bond donors (Lipinski definition) is 8. The van der Waals surface area contributed by atoms with Crippen LogP contribution in [-0.2, 0) is 49.5 Å². The van der Waals surface area contributed by atoms with E-state index in [4.69, 9.17) is 30.4 Å². The summed E-state index contributed by atoms with van der Waals surface area (Å²) in [6.07, 6.45) is -0.179. The minimum atomic E-state index is -2.25. The molecule has 1 aromatic carbocycles. The van der Waals surface area contributed by atoms with Crippen molar-refractivity contribution in [3.63, 3.8) is 0 Å². The number of amides is 6. The number of ketones is 2. The average molecular weight is 974 g/mol. The Morgan fingerprint density at radius 3 is 2.41 bits per heavy atom. The maximum absolute atomic E-state index is 17.1. The molecule has 0 radical (unpaired) electrons. The summed E-state index contributed by atoms with van der Waals surface area (Å²) in [5.74, 6) is -4.47. The molecule has 382 valence electrons. The summed E-state index contributed by atoms with van der Waals surface area (Å²) in [5.41, 5.74) is 6.89. The van der Waals surface area contributed by atoms with Crippen LogP contribution in [0.3, 0.4) is 0 Å². The van der Waals surface area contributed by atoms with E-state index in [-0.39, 0.29) is 50.3 Å². The third kappa shape index (κ3) is 12.9. The number of carbonyl (C=O) groups excluding carboxylic acids is 7. The van der Waals surface area contributed by atoms with Crippen LogP contribution >= 0.6 is 0 Å². The number of benzene rings is 1. The minimum absolute atomic E-state index is 0.00811. The predicted molar refractivity (Wildman–Crippen MR) is 247 cm³/mol. The van der Waals surface area contributed by atoms with E-state index in [1.807, 2.05) is 13.8 Å². The molecule has 69 heavy (non-hydrogen) atoms. The van der Waals surface area contributed by atoms with Crippen LogP contribution in [0.15, 0.2) is 48.1 Å². The number of ether oxygens (including phenoxy) is 4. The van der Waals surface area contributed by atoms with Crippen molar-refractivity contribution in [2.24, 2.45) is 34.6 Å². The summed E-state index contributed by atoms with van der Waals surface area (Å²) in [6, 6.07) is 3.81. The van der Waals surface area contributed by atoms with Crippen LogP contribution in [0.25, 0.3) is 0 Å². The molecule has 6 amide bonds. The Morgan fingerprint density at radius 1 is 1.01 bits per heavy atom. The molecule has 3 saturated carbocycles. The first-order valence-electron chi connectivity index (χ1n) is 23.7. The van der Waals surface area contributed by atoms with Gasteiger partial charge in [0.15, 0.2) is 23.5 Å². The Hall–Kier alpha value is -5.35. The standard InChI is InChI=1S/C48H69F2N7O12/c1-6-8-11-31(58)18-29-21-47(50)33(19-34(29)49)32-20-38-48(46(32,5)22-36(47)59,69-40(68-38)10-7-2)37(60)25-66-26-55-39(61)23-54-45(65)67-24-28-13-15-30(16-14-28)56-42(62)35(12-9-17-53-44(52)64)57-43(63)41(51)27(3)4/h8,11,13-16,18,27,32-36,38,40-41,59H,6-7,9-10,12,17,19-26,51H2,1-5H3,(H,54,65)(H,55,61)(H,56,62)(H,57,63)(H3,52,53,64)/b11-8-,29-18+/t32-,33-,34-,35-,36-,38+,40?,41-,46-,47-,48?/m0/s1. The number of alkyl carbamates (subject to hydrolysis) is 1. The van der Waals surface area contributed by atoms with Crippen molar-refractivity contribution < 1.29 is 66.4 Å². The van der Waals surface area contributed by atoms with Gasteiger partial charge in [-0.1, -0.05) is 59.2 Å². The number of fused-ring (bicyclic) bond motifs is 5. The number of nitrogens with two attached hydrogens (primary N) is 2. The normalized spacial score (nSPS) is 29.6. The largest absolute Gasteiger partial charge is 0.445 e. The van der Waals surface area contributed by atoms with Crippen LogP contribution in [0.4, 0.5) is 24.1 Å². The van der Waals surface area contributed by atoms with E-state index in [0.29, 0.717) is 36.9 Å². The highest BCUT2D eigenvalue weighted by molar-refractivity contribution is 6.00. The summed E-state index contributed by atoms with van der Waals surface area (Å²) < 4.78 is 56.5. The molecule has 1 heterocycles. The quantitative estimate of drug-likeness (QED) is 0.0444. The Bertz CT molecular complexity index is 2090. The molecule has 1 saturated heterocycles. The fourth-order valence-electron chi connectivity index (χ4n) is 10.2. The van der Waals surface area contributed by atoms with Gasteiger partial charge in [-0.2, -0.15) is 0 Å². The smallest absolute Gasteiger partial charge is 0.407 e. The number of urea groups is 1. The van der Waals surface area contributed by atoms with Gasteiger partial charge in [0.05, 0.1) is 18.2 Å². The zero-order valence-corrected chi connectivity index (χ0v) is 40.0. The Labute approximate surface area is 400 Å². The topological polar surface area (TPSA) is 289 Å². The molecule has 19 nitrogen and oxygen atoms in total. The number of primary amides is 1. The maximum atomic E-state index is 17.1. The molecule has 1 aliphatic heterocycles. The van der Waals surface area contributed by atoms with Gasteiger partial charge in [0.25, 0.3) is 0 Å². The number of aliphatic hydroxyl groups excluding tert-OH is 1. The highest BCUT2D eigenvalue weighted by Gasteiger charge is 2.77. The molecular formula is C48H69F2N7O12. The zero-order chi connectivity index (χ0) is 50.7. The van der Waals surface area contributed by atoms with Gasteiger partial charge in [-0.05, 0) is 92.2 Å². The van der Waals surface area contributed by atoms with Crippen molar-refractivity contribution in [2.45, 2.75) is 147 Å². The van der Waals surface area contributed by atoms with E-state index < -0.39 is 133 Å². The Balaban J connectivity index is 1.09. The van der Waals surface area contributed by atoms with E-state index in [2.05, 4.69) is 26.6 Å². The molecule has 5 rings (SSSR count). The number of rotatable bonds is 23. The van der Waals surface area contributed by atoms with Gasteiger partial charge in [0.1, 0.15) is 44.4 Å². The number of nitrogens with one attached hydrogen (secondary N) is 5. The van der Waals surface area contributed by atoms with Crippen molar-refractivity contribution in [1.29, 1.82) is 0 Å².